The Morgan fingerprint density at radius 1 is 1.06 bits per heavy atom. The number of guanidine groups is 1. The molecular formula is C24H30N4O4. The maximum absolute atomic E-state index is 12.7. The van der Waals surface area contributed by atoms with E-state index in [0.717, 1.165) is 24.0 Å². The number of nitrogens with one attached hydrogen (secondary N) is 2. The van der Waals surface area contributed by atoms with Crippen molar-refractivity contribution in [2.75, 3.05) is 20.8 Å². The van der Waals surface area contributed by atoms with E-state index in [2.05, 4.69) is 15.6 Å². The summed E-state index contributed by atoms with van der Waals surface area (Å²) in [7, 11) is 3.08. The molecule has 2 amide bonds. The van der Waals surface area contributed by atoms with E-state index < -0.39 is 6.04 Å². The molecule has 0 spiro atoms. The smallest absolute Gasteiger partial charge is 0.245 e. The summed E-state index contributed by atoms with van der Waals surface area (Å²) >= 11 is 0. The molecule has 1 atom stereocenters. The van der Waals surface area contributed by atoms with E-state index in [1.54, 1.807) is 25.3 Å². The molecule has 0 radical (unpaired) electrons. The molecule has 0 bridgehead atoms. The molecule has 2 aromatic carbocycles. The average Bonchev–Trinajstić information content (AvgIpc) is 3.62. The SMILES string of the molecule is COc1ccc(CC(=O)NC(N)=N[C@H](Cc2ccccc2)C(=O)NCC2CC2)cc1OC. The summed E-state index contributed by atoms with van der Waals surface area (Å²) in [5, 5.41) is 5.53. The predicted molar refractivity (Wildman–Crippen MR) is 123 cm³/mol. The quantitative estimate of drug-likeness (QED) is 0.387. The molecule has 1 aliphatic carbocycles. The maximum Gasteiger partial charge on any atom is 0.245 e. The van der Waals surface area contributed by atoms with Crippen molar-refractivity contribution in [1.82, 2.24) is 10.6 Å². The molecule has 2 aromatic rings. The first-order valence-corrected chi connectivity index (χ1v) is 10.6. The Balaban J connectivity index is 1.64. The van der Waals surface area contributed by atoms with Gasteiger partial charge < -0.3 is 20.5 Å². The Hall–Kier alpha value is -3.55. The van der Waals surface area contributed by atoms with Crippen LogP contribution in [-0.4, -0.2) is 44.6 Å². The number of benzene rings is 2. The summed E-state index contributed by atoms with van der Waals surface area (Å²) in [4.78, 5) is 29.5. The second-order valence-electron chi connectivity index (χ2n) is 7.82. The fourth-order valence-electron chi connectivity index (χ4n) is 3.28. The molecule has 32 heavy (non-hydrogen) atoms. The topological polar surface area (TPSA) is 115 Å². The molecule has 0 aliphatic heterocycles. The van der Waals surface area contributed by atoms with Gasteiger partial charge in [0.25, 0.3) is 0 Å². The molecule has 8 heteroatoms. The van der Waals surface area contributed by atoms with Gasteiger partial charge in [0, 0.05) is 13.0 Å². The number of rotatable bonds is 10. The highest BCUT2D eigenvalue weighted by atomic mass is 16.5. The molecule has 0 saturated heterocycles. The van der Waals surface area contributed by atoms with Crippen LogP contribution in [0.1, 0.15) is 24.0 Å². The van der Waals surface area contributed by atoms with Crippen LogP contribution in [0.3, 0.4) is 0 Å². The highest BCUT2D eigenvalue weighted by Gasteiger charge is 2.25. The summed E-state index contributed by atoms with van der Waals surface area (Å²) in [6.45, 7) is 0.644. The van der Waals surface area contributed by atoms with E-state index in [-0.39, 0.29) is 24.2 Å². The van der Waals surface area contributed by atoms with Crippen LogP contribution in [0.4, 0.5) is 0 Å². The van der Waals surface area contributed by atoms with Crippen molar-refractivity contribution in [1.29, 1.82) is 0 Å². The summed E-state index contributed by atoms with van der Waals surface area (Å²) in [6.07, 6.45) is 2.75. The highest BCUT2D eigenvalue weighted by molar-refractivity contribution is 5.98. The molecular weight excluding hydrogens is 408 g/mol. The zero-order chi connectivity index (χ0) is 22.9. The largest absolute Gasteiger partial charge is 0.493 e. The van der Waals surface area contributed by atoms with Gasteiger partial charge >= 0.3 is 0 Å². The third-order valence-electron chi connectivity index (χ3n) is 5.21. The Kier molecular flexibility index (Phi) is 8.08. The number of nitrogens with zero attached hydrogens (tertiary/aromatic N) is 1. The van der Waals surface area contributed by atoms with Gasteiger partial charge in [-0.15, -0.1) is 0 Å². The minimum atomic E-state index is -0.725. The first-order valence-electron chi connectivity index (χ1n) is 10.6. The summed E-state index contributed by atoms with van der Waals surface area (Å²) < 4.78 is 10.5. The molecule has 1 fully saturated rings. The van der Waals surface area contributed by atoms with Crippen molar-refractivity contribution < 1.29 is 19.1 Å². The van der Waals surface area contributed by atoms with Crippen LogP contribution in [0.25, 0.3) is 0 Å². The van der Waals surface area contributed by atoms with Gasteiger partial charge in [0.1, 0.15) is 6.04 Å². The van der Waals surface area contributed by atoms with Crippen LogP contribution in [0.2, 0.25) is 0 Å². The van der Waals surface area contributed by atoms with Crippen molar-refractivity contribution in [2.24, 2.45) is 16.6 Å². The lowest BCUT2D eigenvalue weighted by Crippen LogP contribution is -2.42. The fraction of sp³-hybridized carbons (Fsp3) is 0.375. The molecule has 0 aromatic heterocycles. The van der Waals surface area contributed by atoms with Crippen LogP contribution in [0.15, 0.2) is 53.5 Å². The summed E-state index contributed by atoms with van der Waals surface area (Å²) in [6, 6.07) is 14.1. The van der Waals surface area contributed by atoms with Crippen LogP contribution in [0.5, 0.6) is 11.5 Å². The van der Waals surface area contributed by atoms with Gasteiger partial charge in [-0.2, -0.15) is 0 Å². The lowest BCUT2D eigenvalue weighted by Gasteiger charge is -2.15. The minimum absolute atomic E-state index is 0.0772. The standard InChI is InChI=1S/C24H30N4O4/c1-31-20-11-10-18(13-21(20)32-2)14-22(29)28-24(25)27-19(12-16-6-4-3-5-7-16)23(30)26-15-17-8-9-17/h3-7,10-11,13,17,19H,8-9,12,14-15H2,1-2H3,(H,26,30)(H3,25,27,28,29)/t19-/m1/s1. The summed E-state index contributed by atoms with van der Waals surface area (Å²) in [5.41, 5.74) is 7.68. The fourth-order valence-corrected chi connectivity index (χ4v) is 3.28. The van der Waals surface area contributed by atoms with Crippen molar-refractivity contribution in [2.45, 2.75) is 31.7 Å². The van der Waals surface area contributed by atoms with Gasteiger partial charge in [0.2, 0.25) is 11.8 Å². The Morgan fingerprint density at radius 3 is 2.44 bits per heavy atom. The molecule has 1 saturated carbocycles. The Morgan fingerprint density at radius 2 is 1.78 bits per heavy atom. The Labute approximate surface area is 188 Å². The lowest BCUT2D eigenvalue weighted by molar-refractivity contribution is -0.122. The molecule has 3 rings (SSSR count). The second-order valence-corrected chi connectivity index (χ2v) is 7.82. The average molecular weight is 439 g/mol. The molecule has 0 unspecified atom stereocenters. The van der Waals surface area contributed by atoms with Crippen LogP contribution in [-0.2, 0) is 22.4 Å². The van der Waals surface area contributed by atoms with E-state index >= 15 is 0 Å². The Bertz CT molecular complexity index is 958. The van der Waals surface area contributed by atoms with Crippen LogP contribution < -0.4 is 25.8 Å². The number of ether oxygens (including phenoxy) is 2. The van der Waals surface area contributed by atoms with Gasteiger partial charge in [-0.05, 0) is 42.0 Å². The van der Waals surface area contributed by atoms with Crippen molar-refractivity contribution in [3.05, 3.63) is 59.7 Å². The third-order valence-corrected chi connectivity index (χ3v) is 5.21. The number of hydrogen-bond donors (Lipinski definition) is 3. The first-order chi connectivity index (χ1) is 15.5. The lowest BCUT2D eigenvalue weighted by atomic mass is 10.1. The third kappa shape index (κ3) is 7.01. The zero-order valence-electron chi connectivity index (χ0n) is 18.5. The number of hydrogen-bond acceptors (Lipinski definition) is 5. The molecule has 170 valence electrons. The van der Waals surface area contributed by atoms with Gasteiger partial charge in [0.05, 0.1) is 20.6 Å². The van der Waals surface area contributed by atoms with Crippen LogP contribution >= 0.6 is 0 Å². The van der Waals surface area contributed by atoms with E-state index in [0.29, 0.717) is 30.4 Å². The highest BCUT2D eigenvalue weighted by Crippen LogP contribution is 2.28. The maximum atomic E-state index is 12.7. The first kappa shape index (κ1) is 23.1. The van der Waals surface area contributed by atoms with E-state index in [4.69, 9.17) is 15.2 Å². The molecule has 1 aliphatic rings. The van der Waals surface area contributed by atoms with E-state index in [9.17, 15) is 9.59 Å². The molecule has 8 nitrogen and oxygen atoms in total. The van der Waals surface area contributed by atoms with Gasteiger partial charge in [-0.3, -0.25) is 14.9 Å². The van der Waals surface area contributed by atoms with E-state index in [1.807, 2.05) is 30.3 Å². The molecule has 4 N–H and O–H groups in total. The second kappa shape index (κ2) is 11.2. The predicted octanol–water partition coefficient (Wildman–Crippen LogP) is 1.81. The normalized spacial score (nSPS) is 14.4. The van der Waals surface area contributed by atoms with Gasteiger partial charge in [0.15, 0.2) is 17.5 Å². The molecule has 0 heterocycles. The van der Waals surface area contributed by atoms with Gasteiger partial charge in [-0.25, -0.2) is 4.99 Å². The number of methoxy groups -OCH3 is 2. The number of carbonyl (C=O) groups excluding carboxylic acids is 2. The zero-order valence-corrected chi connectivity index (χ0v) is 18.5. The monoisotopic (exact) mass is 438 g/mol. The van der Waals surface area contributed by atoms with Crippen molar-refractivity contribution >= 4 is 17.8 Å². The number of carbonyl (C=O) groups is 2. The number of amides is 2. The van der Waals surface area contributed by atoms with Gasteiger partial charge in [-0.1, -0.05) is 36.4 Å². The van der Waals surface area contributed by atoms with Crippen molar-refractivity contribution in [3.63, 3.8) is 0 Å². The van der Waals surface area contributed by atoms with Crippen molar-refractivity contribution in [3.8, 4) is 11.5 Å². The van der Waals surface area contributed by atoms with E-state index in [1.165, 1.54) is 7.11 Å². The van der Waals surface area contributed by atoms with Crippen LogP contribution in [0, 0.1) is 5.92 Å². The number of aliphatic imine (C=N–C) groups is 1. The minimum Gasteiger partial charge on any atom is -0.493 e. The number of nitrogens with two attached hydrogens (primary N) is 1. The summed E-state index contributed by atoms with van der Waals surface area (Å²) in [5.74, 6) is 1.05.